The lowest BCUT2D eigenvalue weighted by Crippen LogP contribution is -2.14. The molecule has 1 aliphatic rings. The van der Waals surface area contributed by atoms with E-state index in [1.807, 2.05) is 36.0 Å². The minimum Gasteiger partial charge on any atom is -0.308 e. The quantitative estimate of drug-likeness (QED) is 0.177. The molecule has 0 atom stereocenters. The highest BCUT2D eigenvalue weighted by atomic mass is 32.2. The average Bonchev–Trinajstić information content (AvgIpc) is 3.60. The zero-order valence-corrected chi connectivity index (χ0v) is 30.5. The maximum Gasteiger partial charge on any atom is 0.162 e. The summed E-state index contributed by atoms with van der Waals surface area (Å²) >= 11 is 1.83. The van der Waals surface area contributed by atoms with Crippen LogP contribution in [0.2, 0.25) is 0 Å². The molecule has 2 aromatic heterocycles. The first kappa shape index (κ1) is 31.6. The van der Waals surface area contributed by atoms with Gasteiger partial charge in [-0.3, -0.25) is 4.57 Å². The first-order valence-corrected chi connectivity index (χ1v) is 19.3. The van der Waals surface area contributed by atoms with E-state index in [1.165, 1.54) is 42.7 Å². The summed E-state index contributed by atoms with van der Waals surface area (Å²) in [5.41, 5.74) is 10.9. The van der Waals surface area contributed by atoms with Gasteiger partial charge in [0.1, 0.15) is 5.82 Å². The van der Waals surface area contributed by atoms with Crippen LogP contribution in [0, 0.1) is 0 Å². The van der Waals surface area contributed by atoms with Gasteiger partial charge < -0.3 is 4.90 Å². The molecular formula is C50H32N4S. The SMILES string of the molecule is c1ccc(-c2cc(-n3c4cc(-c5ccc6c(c5)N(c5ccccc5)c5ccccc5S6)ccc4c4c5ccccc5ccc43)nc(-c3ccccc3)n2)cc1. The Kier molecular flexibility index (Phi) is 7.39. The lowest BCUT2D eigenvalue weighted by Gasteiger charge is -2.33. The van der Waals surface area contributed by atoms with Crippen LogP contribution >= 0.6 is 11.8 Å². The first-order valence-electron chi connectivity index (χ1n) is 18.5. The lowest BCUT2D eigenvalue weighted by molar-refractivity contribution is 1.05. The molecule has 0 N–H and O–H groups in total. The zero-order valence-electron chi connectivity index (χ0n) is 29.7. The molecule has 1 aliphatic heterocycles. The molecule has 0 amide bonds. The van der Waals surface area contributed by atoms with E-state index in [4.69, 9.17) is 9.97 Å². The Balaban J connectivity index is 1.16. The van der Waals surface area contributed by atoms with Gasteiger partial charge in [-0.05, 0) is 70.4 Å². The molecule has 55 heavy (non-hydrogen) atoms. The molecule has 4 nitrogen and oxygen atoms in total. The van der Waals surface area contributed by atoms with E-state index < -0.39 is 0 Å². The highest BCUT2D eigenvalue weighted by molar-refractivity contribution is 7.99. The number of nitrogens with zero attached hydrogens (tertiary/aromatic N) is 4. The molecule has 0 saturated carbocycles. The van der Waals surface area contributed by atoms with Crippen molar-refractivity contribution >= 4 is 61.4 Å². The molecule has 0 saturated heterocycles. The number of benzene rings is 8. The summed E-state index contributed by atoms with van der Waals surface area (Å²) in [4.78, 5) is 15.3. The predicted octanol–water partition coefficient (Wildman–Crippen LogP) is 13.7. The van der Waals surface area contributed by atoms with E-state index >= 15 is 0 Å². The van der Waals surface area contributed by atoms with Gasteiger partial charge in [-0.2, -0.15) is 0 Å². The standard InChI is InChI=1S/C50H32N4S/c1-4-15-34(16-5-1)41-32-48(52-50(51-41)35-17-6-2-7-18-35)54-43-28-25-33-14-10-11-21-39(33)49(43)40-27-24-36(30-44(40)54)37-26-29-47-45(31-37)53(38-19-8-3-9-20-38)42-22-12-13-23-46(42)55-47/h1-32H. The monoisotopic (exact) mass is 720 g/mol. The van der Waals surface area contributed by atoms with E-state index in [-0.39, 0.29) is 0 Å². The summed E-state index contributed by atoms with van der Waals surface area (Å²) in [5.74, 6) is 1.52. The molecule has 0 aliphatic carbocycles. The van der Waals surface area contributed by atoms with Crippen LogP contribution in [-0.4, -0.2) is 14.5 Å². The van der Waals surface area contributed by atoms with E-state index in [0.717, 1.165) is 50.5 Å². The molecule has 5 heteroatoms. The van der Waals surface area contributed by atoms with Crippen molar-refractivity contribution in [1.82, 2.24) is 14.5 Å². The number of hydrogen-bond donors (Lipinski definition) is 0. The second kappa shape index (κ2) is 12.9. The fraction of sp³-hybridized carbons (Fsp3) is 0. The molecule has 0 spiro atoms. The molecule has 10 aromatic rings. The Morgan fingerprint density at radius 2 is 1.09 bits per heavy atom. The maximum absolute atomic E-state index is 5.32. The highest BCUT2D eigenvalue weighted by Crippen LogP contribution is 2.52. The summed E-state index contributed by atoms with van der Waals surface area (Å²) < 4.78 is 2.34. The van der Waals surface area contributed by atoms with Gasteiger partial charge in [0.2, 0.25) is 0 Å². The van der Waals surface area contributed by atoms with Crippen LogP contribution in [0.15, 0.2) is 204 Å². The predicted molar refractivity (Wildman–Crippen MR) is 229 cm³/mol. The minimum absolute atomic E-state index is 0.692. The number of anilines is 3. The van der Waals surface area contributed by atoms with Gasteiger partial charge in [0.15, 0.2) is 5.82 Å². The summed E-state index contributed by atoms with van der Waals surface area (Å²) in [7, 11) is 0. The Hall–Kier alpha value is -6.95. The van der Waals surface area contributed by atoms with Gasteiger partial charge in [0.25, 0.3) is 0 Å². The summed E-state index contributed by atoms with van der Waals surface area (Å²) in [5, 5.41) is 4.84. The van der Waals surface area contributed by atoms with Crippen molar-refractivity contribution in [1.29, 1.82) is 0 Å². The van der Waals surface area contributed by atoms with E-state index in [0.29, 0.717) is 5.82 Å². The zero-order chi connectivity index (χ0) is 36.3. The van der Waals surface area contributed by atoms with Crippen molar-refractivity contribution in [2.45, 2.75) is 9.79 Å². The molecule has 0 radical (unpaired) electrons. The minimum atomic E-state index is 0.692. The van der Waals surface area contributed by atoms with Crippen molar-refractivity contribution in [2.75, 3.05) is 4.90 Å². The number of fused-ring (bicyclic) bond motifs is 7. The van der Waals surface area contributed by atoms with Gasteiger partial charge in [0.05, 0.1) is 28.1 Å². The van der Waals surface area contributed by atoms with Crippen LogP contribution < -0.4 is 4.90 Å². The second-order valence-corrected chi connectivity index (χ2v) is 14.9. The Morgan fingerprint density at radius 1 is 0.418 bits per heavy atom. The van der Waals surface area contributed by atoms with Crippen molar-refractivity contribution < 1.29 is 0 Å². The van der Waals surface area contributed by atoms with Gasteiger partial charge in [0, 0.05) is 43.4 Å². The molecule has 0 unspecified atom stereocenters. The molecule has 0 fully saturated rings. The van der Waals surface area contributed by atoms with Crippen molar-refractivity contribution in [3.05, 3.63) is 194 Å². The first-order chi connectivity index (χ1) is 27.3. The smallest absolute Gasteiger partial charge is 0.162 e. The summed E-state index contributed by atoms with van der Waals surface area (Å²) in [6.07, 6.45) is 0. The second-order valence-electron chi connectivity index (χ2n) is 13.8. The van der Waals surface area contributed by atoms with Crippen molar-refractivity contribution in [3.8, 4) is 39.6 Å². The number of rotatable bonds is 5. The third kappa shape index (κ3) is 5.31. The van der Waals surface area contributed by atoms with Crippen molar-refractivity contribution in [3.63, 3.8) is 0 Å². The number of aromatic nitrogens is 3. The van der Waals surface area contributed by atoms with Gasteiger partial charge >= 0.3 is 0 Å². The molecular weight excluding hydrogens is 689 g/mol. The van der Waals surface area contributed by atoms with Crippen LogP contribution in [0.1, 0.15) is 0 Å². The van der Waals surface area contributed by atoms with E-state index in [1.54, 1.807) is 0 Å². The van der Waals surface area contributed by atoms with E-state index in [9.17, 15) is 0 Å². The average molecular weight is 721 g/mol. The van der Waals surface area contributed by atoms with E-state index in [2.05, 4.69) is 179 Å². The lowest BCUT2D eigenvalue weighted by atomic mass is 10.0. The third-order valence-corrected chi connectivity index (χ3v) is 11.7. The Morgan fingerprint density at radius 3 is 1.93 bits per heavy atom. The van der Waals surface area contributed by atoms with Crippen LogP contribution in [0.3, 0.4) is 0 Å². The molecule has 258 valence electrons. The molecule has 8 aromatic carbocycles. The van der Waals surface area contributed by atoms with Crippen LogP contribution in [0.4, 0.5) is 17.1 Å². The fourth-order valence-electron chi connectivity index (χ4n) is 8.03. The van der Waals surface area contributed by atoms with Gasteiger partial charge in [-0.15, -0.1) is 0 Å². The Labute approximate surface area is 323 Å². The van der Waals surface area contributed by atoms with Crippen molar-refractivity contribution in [2.24, 2.45) is 0 Å². The van der Waals surface area contributed by atoms with Crippen LogP contribution in [-0.2, 0) is 0 Å². The maximum atomic E-state index is 5.32. The highest BCUT2D eigenvalue weighted by Gasteiger charge is 2.26. The Bertz CT molecular complexity index is 3010. The molecule has 11 rings (SSSR count). The van der Waals surface area contributed by atoms with Gasteiger partial charge in [-0.25, -0.2) is 9.97 Å². The third-order valence-electron chi connectivity index (χ3n) is 10.6. The number of para-hydroxylation sites is 2. The molecule has 3 heterocycles. The summed E-state index contributed by atoms with van der Waals surface area (Å²) in [6.45, 7) is 0. The molecule has 0 bridgehead atoms. The normalized spacial score (nSPS) is 12.3. The fourth-order valence-corrected chi connectivity index (χ4v) is 9.06. The topological polar surface area (TPSA) is 34.0 Å². The largest absolute Gasteiger partial charge is 0.308 e. The van der Waals surface area contributed by atoms with Crippen LogP contribution in [0.5, 0.6) is 0 Å². The van der Waals surface area contributed by atoms with Gasteiger partial charge in [-0.1, -0.05) is 151 Å². The number of hydrogen-bond acceptors (Lipinski definition) is 4. The summed E-state index contributed by atoms with van der Waals surface area (Å²) in [6, 6.07) is 69.1. The van der Waals surface area contributed by atoms with Crippen LogP contribution in [0.25, 0.3) is 72.2 Å².